The fourth-order valence-corrected chi connectivity index (χ4v) is 8.12. The van der Waals surface area contributed by atoms with Gasteiger partial charge in [-0.2, -0.15) is 0 Å². The molecule has 0 bridgehead atoms. The van der Waals surface area contributed by atoms with Crippen LogP contribution in [0.3, 0.4) is 0 Å². The molecule has 0 spiro atoms. The Kier molecular flexibility index (Phi) is 7.03. The molecule has 1 aliphatic heterocycles. The topological polar surface area (TPSA) is 110 Å². The Morgan fingerprint density at radius 3 is 2.54 bits per heavy atom. The fourth-order valence-electron chi connectivity index (χ4n) is 8.12. The second-order valence-corrected chi connectivity index (χ2v) is 11.6. The molecule has 0 amide bonds. The van der Waals surface area contributed by atoms with Crippen LogP contribution < -0.4 is 0 Å². The van der Waals surface area contributed by atoms with Crippen molar-refractivity contribution in [3.63, 3.8) is 0 Å². The third kappa shape index (κ3) is 3.90. The molecule has 3 saturated carbocycles. The van der Waals surface area contributed by atoms with Crippen LogP contribution in [0.25, 0.3) is 0 Å². The Bertz CT molecular complexity index is 949. The maximum Gasteiger partial charge on any atom is 0.193 e. The summed E-state index contributed by atoms with van der Waals surface area (Å²) < 4.78 is 12.7. The first kappa shape index (κ1) is 26.4. The van der Waals surface area contributed by atoms with Crippen molar-refractivity contribution in [2.75, 3.05) is 6.61 Å². The monoisotopic (exact) mass is 488 g/mol. The van der Waals surface area contributed by atoms with Crippen LogP contribution in [0.1, 0.15) is 73.1 Å². The van der Waals surface area contributed by atoms with Crippen LogP contribution in [0.4, 0.5) is 0 Å². The highest BCUT2D eigenvalue weighted by Gasteiger charge is 2.75. The summed E-state index contributed by atoms with van der Waals surface area (Å²) in [6.07, 6.45) is 8.31. The molecule has 5 aliphatic rings. The van der Waals surface area contributed by atoms with Gasteiger partial charge in [-0.15, -0.1) is 0 Å². The van der Waals surface area contributed by atoms with Gasteiger partial charge in [-0.3, -0.25) is 9.59 Å². The second kappa shape index (κ2) is 9.33. The van der Waals surface area contributed by atoms with Gasteiger partial charge in [0.15, 0.2) is 23.5 Å². The normalized spacial score (nSPS) is 45.3. The van der Waals surface area contributed by atoms with E-state index in [0.29, 0.717) is 19.3 Å². The van der Waals surface area contributed by atoms with Crippen LogP contribution in [0.2, 0.25) is 0 Å². The van der Waals surface area contributed by atoms with Crippen molar-refractivity contribution in [1.29, 1.82) is 0 Å². The number of Topliss-reactive ketones (excluding diaryl/α,β-unsaturated/α-hetero) is 2. The van der Waals surface area contributed by atoms with Gasteiger partial charge in [-0.1, -0.05) is 38.8 Å². The molecule has 0 aromatic rings. The van der Waals surface area contributed by atoms with Crippen molar-refractivity contribution < 1.29 is 34.1 Å². The van der Waals surface area contributed by atoms with E-state index in [1.807, 2.05) is 6.08 Å². The molecule has 7 heteroatoms. The Balaban J connectivity index is 0.000000672. The van der Waals surface area contributed by atoms with Gasteiger partial charge < -0.3 is 24.5 Å². The van der Waals surface area contributed by atoms with E-state index in [1.165, 1.54) is 13.8 Å². The van der Waals surface area contributed by atoms with Crippen LogP contribution in [-0.2, 0) is 23.9 Å². The first-order valence-electron chi connectivity index (χ1n) is 13.0. The molecule has 2 N–H and O–H groups in total. The number of hydrogen-bond acceptors (Lipinski definition) is 7. The number of rotatable bonds is 4. The van der Waals surface area contributed by atoms with E-state index < -0.39 is 36.1 Å². The van der Waals surface area contributed by atoms with Crippen molar-refractivity contribution in [3.8, 4) is 0 Å². The SMILES string of the molecule is CC(C)=O.CCC[C@@H]1O[C@@H]2C[C@H]3[C@@H]4CCC5=CC(=O)C=C[C@]5(C)[C@H]4[C@@H](O)C[C@]3(C)[C@]2(C(=O)CO)O1. The summed E-state index contributed by atoms with van der Waals surface area (Å²) in [5, 5.41) is 21.4. The summed E-state index contributed by atoms with van der Waals surface area (Å²) >= 11 is 0. The lowest BCUT2D eigenvalue weighted by molar-refractivity contribution is -0.200. The van der Waals surface area contributed by atoms with Crippen molar-refractivity contribution in [3.05, 3.63) is 23.8 Å². The van der Waals surface area contributed by atoms with Gasteiger partial charge in [0.05, 0.1) is 12.2 Å². The quantitative estimate of drug-likeness (QED) is 0.625. The second-order valence-electron chi connectivity index (χ2n) is 11.6. The summed E-state index contributed by atoms with van der Waals surface area (Å²) in [6, 6.07) is 0. The summed E-state index contributed by atoms with van der Waals surface area (Å²) in [4.78, 5) is 34.7. The average Bonchev–Trinajstić information content (AvgIpc) is 3.25. The van der Waals surface area contributed by atoms with Gasteiger partial charge in [-0.05, 0) is 69.9 Å². The zero-order valence-corrected chi connectivity index (χ0v) is 21.6. The Labute approximate surface area is 207 Å². The predicted octanol–water partition coefficient (Wildman–Crippen LogP) is 3.31. The van der Waals surface area contributed by atoms with E-state index in [2.05, 4.69) is 20.8 Å². The summed E-state index contributed by atoms with van der Waals surface area (Å²) in [7, 11) is 0. The number of ketones is 3. The van der Waals surface area contributed by atoms with E-state index >= 15 is 0 Å². The number of ether oxygens (including phenoxy) is 2. The third-order valence-corrected chi connectivity index (χ3v) is 9.37. The molecular formula is C28H40O7. The molecule has 4 aliphatic carbocycles. The van der Waals surface area contributed by atoms with Crippen LogP contribution in [0, 0.1) is 28.6 Å². The molecule has 0 aromatic carbocycles. The fraction of sp³-hybridized carbons (Fsp3) is 0.750. The number of aliphatic hydroxyl groups excluding tert-OH is 2. The molecule has 0 radical (unpaired) electrons. The molecule has 194 valence electrons. The lowest BCUT2D eigenvalue weighted by Crippen LogP contribution is -2.63. The number of carbonyl (C=O) groups is 3. The van der Waals surface area contributed by atoms with Crippen LogP contribution >= 0.6 is 0 Å². The molecular weight excluding hydrogens is 448 g/mol. The zero-order valence-electron chi connectivity index (χ0n) is 21.6. The predicted molar refractivity (Wildman–Crippen MR) is 129 cm³/mol. The molecule has 7 nitrogen and oxygen atoms in total. The molecule has 0 aromatic heterocycles. The molecule has 35 heavy (non-hydrogen) atoms. The largest absolute Gasteiger partial charge is 0.393 e. The lowest BCUT2D eigenvalue weighted by atomic mass is 9.46. The van der Waals surface area contributed by atoms with Gasteiger partial charge in [0, 0.05) is 16.7 Å². The number of carbonyl (C=O) groups excluding carboxylic acids is 3. The molecule has 9 atom stereocenters. The van der Waals surface area contributed by atoms with Crippen molar-refractivity contribution in [2.45, 2.75) is 97.2 Å². The highest BCUT2D eigenvalue weighted by atomic mass is 16.7. The average molecular weight is 489 g/mol. The van der Waals surface area contributed by atoms with Crippen molar-refractivity contribution in [2.24, 2.45) is 28.6 Å². The van der Waals surface area contributed by atoms with Gasteiger partial charge >= 0.3 is 0 Å². The Morgan fingerprint density at radius 1 is 1.23 bits per heavy atom. The van der Waals surface area contributed by atoms with E-state index in [1.54, 1.807) is 12.2 Å². The highest BCUT2D eigenvalue weighted by Crippen LogP contribution is 2.69. The smallest absolute Gasteiger partial charge is 0.193 e. The van der Waals surface area contributed by atoms with Crippen LogP contribution in [0.15, 0.2) is 23.8 Å². The minimum Gasteiger partial charge on any atom is -0.393 e. The van der Waals surface area contributed by atoms with E-state index in [9.17, 15) is 24.6 Å². The van der Waals surface area contributed by atoms with Gasteiger partial charge in [0.2, 0.25) is 0 Å². The number of aliphatic hydroxyl groups is 2. The number of hydrogen-bond donors (Lipinski definition) is 2. The van der Waals surface area contributed by atoms with E-state index in [0.717, 1.165) is 24.8 Å². The molecule has 0 unspecified atom stereocenters. The van der Waals surface area contributed by atoms with Gasteiger partial charge in [0.1, 0.15) is 12.4 Å². The molecule has 4 fully saturated rings. The van der Waals surface area contributed by atoms with E-state index in [-0.39, 0.29) is 40.5 Å². The minimum atomic E-state index is -1.20. The molecule has 1 saturated heterocycles. The van der Waals surface area contributed by atoms with Gasteiger partial charge in [0.25, 0.3) is 0 Å². The summed E-state index contributed by atoms with van der Waals surface area (Å²) in [5.41, 5.74) is -1.05. The Morgan fingerprint density at radius 2 is 1.91 bits per heavy atom. The number of fused-ring (bicyclic) bond motifs is 7. The van der Waals surface area contributed by atoms with Crippen LogP contribution in [0.5, 0.6) is 0 Å². The zero-order chi connectivity index (χ0) is 25.8. The maximum absolute atomic E-state index is 13.2. The lowest BCUT2D eigenvalue weighted by Gasteiger charge is -2.59. The Hall–Kier alpha value is -1.67. The summed E-state index contributed by atoms with van der Waals surface area (Å²) in [5.74, 6) is 0.194. The third-order valence-electron chi connectivity index (χ3n) is 9.37. The summed E-state index contributed by atoms with van der Waals surface area (Å²) in [6.45, 7) is 8.73. The standard InChI is InChI=1S/C25H34O6.C3H6O/c1-4-5-21-30-20-11-17-16-7-6-14-10-15(27)8-9-23(14,2)22(16)18(28)12-24(17,3)25(20,31-21)19(29)13-26;1-3(2)4/h8-10,16-18,20-22,26,28H,4-7,11-13H2,1-3H3;1-2H3/t16-,17-,18-,20+,21+,22+,23-,24-,25+;/m0./s1. The van der Waals surface area contributed by atoms with E-state index in [4.69, 9.17) is 9.47 Å². The minimum absolute atomic E-state index is 0.0125. The maximum atomic E-state index is 13.2. The molecule has 5 rings (SSSR count). The highest BCUT2D eigenvalue weighted by molar-refractivity contribution is 6.01. The first-order valence-corrected chi connectivity index (χ1v) is 13.0. The first-order chi connectivity index (χ1) is 16.4. The molecule has 1 heterocycles. The van der Waals surface area contributed by atoms with Crippen molar-refractivity contribution >= 4 is 17.3 Å². The van der Waals surface area contributed by atoms with Gasteiger partial charge in [-0.25, -0.2) is 0 Å². The van der Waals surface area contributed by atoms with Crippen molar-refractivity contribution in [1.82, 2.24) is 0 Å². The van der Waals surface area contributed by atoms with Crippen LogP contribution in [-0.4, -0.2) is 58.3 Å². The number of allylic oxidation sites excluding steroid dienone is 4.